The number of halogens is 1. The third-order valence-corrected chi connectivity index (χ3v) is 4.16. The topological polar surface area (TPSA) is 29.1 Å². The molecule has 0 saturated heterocycles. The minimum Gasteiger partial charge on any atom is -0.321 e. The fraction of sp³-hybridized carbons (Fsp3) is 0.214. The zero-order chi connectivity index (χ0) is 13.3. The monoisotopic (exact) mass is 323 g/mol. The smallest absolute Gasteiger partial charge is 0.256 e. The Morgan fingerprint density at radius 3 is 2.22 bits per heavy atom. The summed E-state index contributed by atoms with van der Waals surface area (Å²) in [6.45, 7) is 5.94. The summed E-state index contributed by atoms with van der Waals surface area (Å²) in [5.74, 6) is -0.0396. The second-order valence-electron chi connectivity index (χ2n) is 4.34. The van der Waals surface area contributed by atoms with Crippen molar-refractivity contribution in [2.24, 2.45) is 0 Å². The molecule has 0 aliphatic carbocycles. The van der Waals surface area contributed by atoms with Gasteiger partial charge >= 0.3 is 0 Å². The summed E-state index contributed by atoms with van der Waals surface area (Å²) in [5, 5.41) is 6.86. The zero-order valence-electron chi connectivity index (χ0n) is 10.5. The van der Waals surface area contributed by atoms with Crippen LogP contribution in [-0.2, 0) is 0 Å². The predicted octanol–water partition coefficient (Wildman–Crippen LogP) is 4.69. The highest BCUT2D eigenvalue weighted by molar-refractivity contribution is 9.10. The van der Waals surface area contributed by atoms with E-state index in [1.54, 1.807) is 11.3 Å². The number of benzene rings is 1. The van der Waals surface area contributed by atoms with Crippen LogP contribution in [0.25, 0.3) is 0 Å². The van der Waals surface area contributed by atoms with Crippen LogP contribution in [0.2, 0.25) is 0 Å². The van der Waals surface area contributed by atoms with Gasteiger partial charge in [0.25, 0.3) is 5.91 Å². The van der Waals surface area contributed by atoms with E-state index in [9.17, 15) is 4.79 Å². The molecule has 0 atom stereocenters. The highest BCUT2D eigenvalue weighted by atomic mass is 79.9. The molecule has 2 rings (SSSR count). The minimum absolute atomic E-state index is 0.0396. The fourth-order valence-corrected chi connectivity index (χ4v) is 3.40. The molecule has 0 bridgehead atoms. The molecule has 94 valence electrons. The third-order valence-electron chi connectivity index (χ3n) is 2.84. The Balaban J connectivity index is 2.31. The molecule has 2 nitrogen and oxygen atoms in total. The number of hydrogen-bond donors (Lipinski definition) is 1. The molecule has 0 fully saturated rings. The van der Waals surface area contributed by atoms with E-state index in [1.165, 1.54) is 0 Å². The molecule has 1 amide bonds. The van der Waals surface area contributed by atoms with Gasteiger partial charge in [-0.1, -0.05) is 15.9 Å². The first-order chi connectivity index (χ1) is 8.49. The van der Waals surface area contributed by atoms with Crippen LogP contribution in [0.5, 0.6) is 0 Å². The number of carbonyl (C=O) groups is 1. The molecular weight excluding hydrogens is 310 g/mol. The lowest BCUT2D eigenvalue weighted by Gasteiger charge is -2.12. The van der Waals surface area contributed by atoms with E-state index in [0.717, 1.165) is 32.4 Å². The van der Waals surface area contributed by atoms with Crippen molar-refractivity contribution in [3.8, 4) is 0 Å². The maximum atomic E-state index is 12.2. The van der Waals surface area contributed by atoms with Gasteiger partial charge in [-0.2, -0.15) is 11.3 Å². The van der Waals surface area contributed by atoms with E-state index < -0.39 is 0 Å². The van der Waals surface area contributed by atoms with E-state index in [2.05, 4.69) is 21.2 Å². The average molecular weight is 324 g/mol. The van der Waals surface area contributed by atoms with Gasteiger partial charge in [-0.3, -0.25) is 4.79 Å². The molecule has 1 heterocycles. The first kappa shape index (κ1) is 13.3. The zero-order valence-corrected chi connectivity index (χ0v) is 12.9. The standard InChI is InChI=1S/C14H14BrNOS/c1-8-4-11(15)5-9(2)13(8)16-14(17)12-7-18-6-10(12)3/h4-7H,1-3H3,(H,16,17). The van der Waals surface area contributed by atoms with Gasteiger partial charge in [-0.05, 0) is 55.0 Å². The lowest BCUT2D eigenvalue weighted by Crippen LogP contribution is -2.14. The van der Waals surface area contributed by atoms with Gasteiger partial charge < -0.3 is 5.32 Å². The lowest BCUT2D eigenvalue weighted by molar-refractivity contribution is 0.102. The van der Waals surface area contributed by atoms with Crippen LogP contribution >= 0.6 is 27.3 Å². The number of aryl methyl sites for hydroxylation is 3. The van der Waals surface area contributed by atoms with Crippen LogP contribution in [0, 0.1) is 20.8 Å². The number of rotatable bonds is 2. The van der Waals surface area contributed by atoms with Gasteiger partial charge in [-0.15, -0.1) is 0 Å². The predicted molar refractivity (Wildman–Crippen MR) is 80.6 cm³/mol. The Kier molecular flexibility index (Phi) is 3.88. The van der Waals surface area contributed by atoms with Crippen molar-refractivity contribution in [3.05, 3.63) is 49.6 Å². The number of thiophene rings is 1. The largest absolute Gasteiger partial charge is 0.321 e. The van der Waals surface area contributed by atoms with Crippen LogP contribution in [-0.4, -0.2) is 5.91 Å². The van der Waals surface area contributed by atoms with E-state index in [-0.39, 0.29) is 5.91 Å². The van der Waals surface area contributed by atoms with Crippen molar-refractivity contribution in [3.63, 3.8) is 0 Å². The van der Waals surface area contributed by atoms with Crippen molar-refractivity contribution in [1.29, 1.82) is 0 Å². The summed E-state index contributed by atoms with van der Waals surface area (Å²) in [6.07, 6.45) is 0. The molecule has 2 aromatic rings. The van der Waals surface area contributed by atoms with Gasteiger partial charge in [0.05, 0.1) is 5.56 Å². The van der Waals surface area contributed by atoms with Gasteiger partial charge in [0.2, 0.25) is 0 Å². The molecule has 0 aliphatic rings. The van der Waals surface area contributed by atoms with Gasteiger partial charge in [0, 0.05) is 15.5 Å². The highest BCUT2D eigenvalue weighted by Gasteiger charge is 2.12. The van der Waals surface area contributed by atoms with Crippen LogP contribution < -0.4 is 5.32 Å². The number of carbonyl (C=O) groups excluding carboxylic acids is 1. The number of nitrogens with one attached hydrogen (secondary N) is 1. The van der Waals surface area contributed by atoms with Crippen molar-refractivity contribution in [2.45, 2.75) is 20.8 Å². The lowest BCUT2D eigenvalue weighted by atomic mass is 10.1. The quantitative estimate of drug-likeness (QED) is 0.853. The molecule has 0 saturated carbocycles. The van der Waals surface area contributed by atoms with Crippen molar-refractivity contribution in [1.82, 2.24) is 0 Å². The van der Waals surface area contributed by atoms with Gasteiger partial charge in [0.1, 0.15) is 0 Å². The summed E-state index contributed by atoms with van der Waals surface area (Å²) in [5.41, 5.74) is 4.78. The van der Waals surface area contributed by atoms with Crippen LogP contribution in [0.15, 0.2) is 27.4 Å². The number of anilines is 1. The maximum absolute atomic E-state index is 12.2. The number of hydrogen-bond acceptors (Lipinski definition) is 2. The molecular formula is C14H14BrNOS. The first-order valence-corrected chi connectivity index (χ1v) is 7.33. The Hall–Kier alpha value is -1.13. The van der Waals surface area contributed by atoms with Gasteiger partial charge in [0.15, 0.2) is 0 Å². The maximum Gasteiger partial charge on any atom is 0.256 e. The summed E-state index contributed by atoms with van der Waals surface area (Å²) in [7, 11) is 0. The van der Waals surface area contributed by atoms with Crippen LogP contribution in [0.3, 0.4) is 0 Å². The first-order valence-electron chi connectivity index (χ1n) is 5.60. The molecule has 0 spiro atoms. The fourth-order valence-electron chi connectivity index (χ4n) is 1.88. The van der Waals surface area contributed by atoms with E-state index in [1.807, 2.05) is 43.7 Å². The molecule has 4 heteroatoms. The van der Waals surface area contributed by atoms with Crippen molar-refractivity contribution >= 4 is 38.9 Å². The summed E-state index contributed by atoms with van der Waals surface area (Å²) >= 11 is 5.00. The molecule has 18 heavy (non-hydrogen) atoms. The molecule has 0 aliphatic heterocycles. The third kappa shape index (κ3) is 2.65. The van der Waals surface area contributed by atoms with E-state index in [0.29, 0.717) is 0 Å². The Labute approximate surface area is 119 Å². The average Bonchev–Trinajstić information content (AvgIpc) is 2.69. The highest BCUT2D eigenvalue weighted by Crippen LogP contribution is 2.26. The summed E-state index contributed by atoms with van der Waals surface area (Å²) in [4.78, 5) is 12.2. The van der Waals surface area contributed by atoms with Crippen molar-refractivity contribution in [2.75, 3.05) is 5.32 Å². The van der Waals surface area contributed by atoms with Crippen LogP contribution in [0.4, 0.5) is 5.69 Å². The van der Waals surface area contributed by atoms with E-state index in [4.69, 9.17) is 0 Å². The molecule has 0 radical (unpaired) electrons. The number of amides is 1. The van der Waals surface area contributed by atoms with Crippen molar-refractivity contribution < 1.29 is 4.79 Å². The Morgan fingerprint density at radius 1 is 1.11 bits per heavy atom. The van der Waals surface area contributed by atoms with E-state index >= 15 is 0 Å². The summed E-state index contributed by atoms with van der Waals surface area (Å²) < 4.78 is 1.03. The second-order valence-corrected chi connectivity index (χ2v) is 6.00. The van der Waals surface area contributed by atoms with Gasteiger partial charge in [-0.25, -0.2) is 0 Å². The van der Waals surface area contributed by atoms with Crippen LogP contribution in [0.1, 0.15) is 27.0 Å². The normalized spacial score (nSPS) is 10.4. The molecule has 1 N–H and O–H groups in total. The molecule has 0 unspecified atom stereocenters. The molecule has 1 aromatic heterocycles. The summed E-state index contributed by atoms with van der Waals surface area (Å²) in [6, 6.07) is 4.01. The SMILES string of the molecule is Cc1cscc1C(=O)Nc1c(C)cc(Br)cc1C. The Bertz CT molecular complexity index is 581. The minimum atomic E-state index is -0.0396. The Morgan fingerprint density at radius 2 is 1.72 bits per heavy atom. The second kappa shape index (κ2) is 5.24. The molecule has 1 aromatic carbocycles.